The normalized spacial score (nSPS) is 21.5. The Bertz CT molecular complexity index is 1170. The molecule has 0 radical (unpaired) electrons. The molecule has 3 N–H and O–H groups in total. The molecule has 1 unspecified atom stereocenters. The van der Waals surface area contributed by atoms with Crippen LogP contribution in [0.4, 0.5) is 24.7 Å². The Morgan fingerprint density at radius 1 is 1.27 bits per heavy atom. The van der Waals surface area contributed by atoms with Gasteiger partial charge >= 0.3 is 5.51 Å². The van der Waals surface area contributed by atoms with E-state index in [1.54, 1.807) is 0 Å². The van der Waals surface area contributed by atoms with Crippen LogP contribution in [0, 0.1) is 17.2 Å². The maximum absolute atomic E-state index is 12.7. The zero-order valence-electron chi connectivity index (χ0n) is 17.9. The molecule has 3 rings (SSSR count). The fourth-order valence-electron chi connectivity index (χ4n) is 3.88. The molecule has 2 aromatic rings. The molecule has 0 aliphatic heterocycles. The molecule has 1 fully saturated rings. The van der Waals surface area contributed by atoms with Crippen molar-refractivity contribution in [3.05, 3.63) is 36.0 Å². The van der Waals surface area contributed by atoms with Crippen molar-refractivity contribution in [1.29, 1.82) is 5.26 Å². The number of carbonyl (C=O) groups excluding carboxylic acids is 1. The van der Waals surface area contributed by atoms with E-state index in [1.165, 1.54) is 10.9 Å². The minimum atomic E-state index is -5.47. The number of nitriles is 1. The zero-order valence-corrected chi connectivity index (χ0v) is 18.7. The first kappa shape index (κ1) is 24.5. The highest BCUT2D eigenvalue weighted by molar-refractivity contribution is 7.92. The summed E-state index contributed by atoms with van der Waals surface area (Å²) >= 11 is 0. The zero-order chi connectivity index (χ0) is 24.6. The molecule has 1 aliphatic rings. The molecular weight excluding hydrogens is 461 g/mol. The van der Waals surface area contributed by atoms with Crippen molar-refractivity contribution in [3.63, 3.8) is 0 Å². The SMILES string of the molecule is CN(C)[C@H]1CC[C@H](n2cc(C(N)=O)c(Nc3ccc(S(=O)(=O)C(F)(F)F)cc3)n2)C(C#N)C1. The van der Waals surface area contributed by atoms with E-state index in [-0.39, 0.29) is 35.1 Å². The van der Waals surface area contributed by atoms with E-state index in [0.29, 0.717) is 12.8 Å². The number of nitrogens with two attached hydrogens (primary N) is 1. The number of alkyl halides is 3. The first-order chi connectivity index (χ1) is 15.3. The number of sulfone groups is 1. The molecule has 1 heterocycles. The Morgan fingerprint density at radius 3 is 2.42 bits per heavy atom. The highest BCUT2D eigenvalue weighted by Crippen LogP contribution is 2.36. The van der Waals surface area contributed by atoms with Gasteiger partial charge < -0.3 is 16.0 Å². The molecule has 0 spiro atoms. The summed E-state index contributed by atoms with van der Waals surface area (Å²) in [6.45, 7) is 0. The minimum absolute atomic E-state index is 0.0356. The number of benzene rings is 1. The van der Waals surface area contributed by atoms with Crippen LogP contribution in [0.5, 0.6) is 0 Å². The largest absolute Gasteiger partial charge is 0.501 e. The fourth-order valence-corrected chi connectivity index (χ4v) is 4.64. The molecule has 1 aromatic heterocycles. The summed E-state index contributed by atoms with van der Waals surface area (Å²) in [6.07, 6.45) is 3.57. The van der Waals surface area contributed by atoms with Crippen molar-refractivity contribution < 1.29 is 26.4 Å². The summed E-state index contributed by atoms with van der Waals surface area (Å²) in [5.74, 6) is -1.07. The predicted molar refractivity (Wildman–Crippen MR) is 113 cm³/mol. The molecule has 1 aromatic carbocycles. The van der Waals surface area contributed by atoms with Gasteiger partial charge in [0.05, 0.1) is 22.9 Å². The van der Waals surface area contributed by atoms with Gasteiger partial charge in [-0.25, -0.2) is 8.42 Å². The Kier molecular flexibility index (Phi) is 6.71. The number of anilines is 2. The van der Waals surface area contributed by atoms with E-state index >= 15 is 0 Å². The summed E-state index contributed by atoms with van der Waals surface area (Å²) in [4.78, 5) is 13.1. The van der Waals surface area contributed by atoms with Crippen molar-refractivity contribution in [2.75, 3.05) is 19.4 Å². The number of nitrogens with zero attached hydrogens (tertiary/aromatic N) is 4. The van der Waals surface area contributed by atoms with E-state index in [1.807, 2.05) is 14.1 Å². The van der Waals surface area contributed by atoms with Gasteiger partial charge in [0.25, 0.3) is 15.7 Å². The van der Waals surface area contributed by atoms with Gasteiger partial charge in [-0.2, -0.15) is 23.5 Å². The number of aromatic nitrogens is 2. The van der Waals surface area contributed by atoms with Crippen LogP contribution < -0.4 is 11.1 Å². The van der Waals surface area contributed by atoms with Crippen LogP contribution in [0.2, 0.25) is 0 Å². The first-order valence-corrected chi connectivity index (χ1v) is 11.5. The van der Waals surface area contributed by atoms with Crippen LogP contribution in [-0.4, -0.2) is 54.7 Å². The van der Waals surface area contributed by atoms with Crippen molar-refractivity contribution >= 4 is 27.2 Å². The van der Waals surface area contributed by atoms with Gasteiger partial charge in [0.1, 0.15) is 5.56 Å². The first-order valence-electron chi connectivity index (χ1n) is 9.98. The Labute approximate surface area is 188 Å². The average Bonchev–Trinajstić information content (AvgIpc) is 3.16. The highest BCUT2D eigenvalue weighted by atomic mass is 32.2. The molecule has 1 aliphatic carbocycles. The van der Waals surface area contributed by atoms with Crippen molar-refractivity contribution in [1.82, 2.24) is 14.7 Å². The summed E-state index contributed by atoms with van der Waals surface area (Å²) in [7, 11) is -1.57. The lowest BCUT2D eigenvalue weighted by atomic mass is 9.82. The van der Waals surface area contributed by atoms with E-state index in [4.69, 9.17) is 5.73 Å². The van der Waals surface area contributed by atoms with Crippen LogP contribution in [0.25, 0.3) is 0 Å². The van der Waals surface area contributed by atoms with E-state index < -0.39 is 26.1 Å². The van der Waals surface area contributed by atoms with Crippen LogP contribution in [0.3, 0.4) is 0 Å². The van der Waals surface area contributed by atoms with Gasteiger partial charge in [-0.1, -0.05) is 0 Å². The number of primary amides is 1. The number of nitrogens with one attached hydrogen (secondary N) is 1. The number of amides is 1. The molecule has 9 nitrogen and oxygen atoms in total. The standard InChI is InChI=1S/C20H23F3N6O3S/c1-28(2)14-5-8-17(12(9-14)10-24)29-11-16(18(25)30)19(27-29)26-13-3-6-15(7-4-13)33(31,32)20(21,22)23/h3-4,6-7,11-12,14,17H,5,8-9H2,1-2H3,(H2,25,30)(H,26,27)/t12?,14-,17-/m0/s1. The summed E-state index contributed by atoms with van der Waals surface area (Å²) in [6, 6.07) is 6.14. The summed E-state index contributed by atoms with van der Waals surface area (Å²) in [5.41, 5.74) is 0.288. The van der Waals surface area contributed by atoms with Crippen molar-refractivity contribution in [2.45, 2.75) is 41.7 Å². The van der Waals surface area contributed by atoms with Gasteiger partial charge in [0.2, 0.25) is 0 Å². The molecule has 3 atom stereocenters. The molecule has 13 heteroatoms. The molecule has 0 saturated heterocycles. The number of carbonyl (C=O) groups is 1. The van der Waals surface area contributed by atoms with Gasteiger partial charge in [-0.3, -0.25) is 9.48 Å². The third-order valence-corrected chi connectivity index (χ3v) is 7.25. The number of rotatable bonds is 6. The van der Waals surface area contributed by atoms with Crippen LogP contribution in [-0.2, 0) is 9.84 Å². The summed E-state index contributed by atoms with van der Waals surface area (Å²) < 4.78 is 62.7. The second-order valence-electron chi connectivity index (χ2n) is 8.07. The smallest absolute Gasteiger partial charge is 0.365 e. The fraction of sp³-hybridized carbons (Fsp3) is 0.450. The monoisotopic (exact) mass is 484 g/mol. The Morgan fingerprint density at radius 2 is 1.91 bits per heavy atom. The third kappa shape index (κ3) is 4.96. The van der Waals surface area contributed by atoms with Gasteiger partial charge in [-0.15, -0.1) is 0 Å². The number of hydrogen-bond acceptors (Lipinski definition) is 7. The average molecular weight is 485 g/mol. The second-order valence-corrected chi connectivity index (χ2v) is 10.0. The Hall–Kier alpha value is -3.11. The lowest BCUT2D eigenvalue weighted by Gasteiger charge is -2.35. The predicted octanol–water partition coefficient (Wildman–Crippen LogP) is 2.81. The minimum Gasteiger partial charge on any atom is -0.365 e. The molecule has 1 amide bonds. The third-order valence-electron chi connectivity index (χ3n) is 5.75. The molecule has 178 valence electrons. The summed E-state index contributed by atoms with van der Waals surface area (Å²) in [5, 5.41) is 16.8. The van der Waals surface area contributed by atoms with Gasteiger partial charge in [-0.05, 0) is 57.6 Å². The number of halogens is 3. The van der Waals surface area contributed by atoms with Gasteiger partial charge in [0, 0.05) is 17.9 Å². The molecule has 0 bridgehead atoms. The van der Waals surface area contributed by atoms with Crippen LogP contribution in [0.1, 0.15) is 35.7 Å². The van der Waals surface area contributed by atoms with Crippen molar-refractivity contribution in [2.24, 2.45) is 11.7 Å². The topological polar surface area (TPSA) is 134 Å². The van der Waals surface area contributed by atoms with Crippen LogP contribution in [0.15, 0.2) is 35.4 Å². The Balaban J connectivity index is 1.87. The van der Waals surface area contributed by atoms with E-state index in [9.17, 15) is 31.6 Å². The maximum Gasteiger partial charge on any atom is 0.501 e. The lowest BCUT2D eigenvalue weighted by Crippen LogP contribution is -2.37. The quantitative estimate of drug-likeness (QED) is 0.644. The van der Waals surface area contributed by atoms with Crippen LogP contribution >= 0.6 is 0 Å². The molecule has 1 saturated carbocycles. The van der Waals surface area contributed by atoms with Gasteiger partial charge in [0.15, 0.2) is 5.82 Å². The van der Waals surface area contributed by atoms with E-state index in [2.05, 4.69) is 21.4 Å². The van der Waals surface area contributed by atoms with E-state index in [0.717, 1.165) is 30.7 Å². The molecular formula is C20H23F3N6O3S. The molecule has 33 heavy (non-hydrogen) atoms. The van der Waals surface area contributed by atoms with Crippen molar-refractivity contribution in [3.8, 4) is 6.07 Å². The lowest BCUT2D eigenvalue weighted by molar-refractivity contribution is -0.0436. The highest BCUT2D eigenvalue weighted by Gasteiger charge is 2.46. The second kappa shape index (κ2) is 9.03. The maximum atomic E-state index is 12.7. The number of hydrogen-bond donors (Lipinski definition) is 2.